The maximum absolute atomic E-state index is 9.32. The molecule has 144 valence electrons. The lowest BCUT2D eigenvalue weighted by Gasteiger charge is -2.15. The van der Waals surface area contributed by atoms with Gasteiger partial charge in [0, 0.05) is 36.2 Å². The van der Waals surface area contributed by atoms with Crippen LogP contribution in [0.4, 0.5) is 5.69 Å². The molecule has 5 heteroatoms. The molecular formula is C22H29N3O2. The lowest BCUT2D eigenvalue weighted by atomic mass is 10.00. The number of rotatable bonds is 10. The SMILES string of the molecule is CC(CO)c1cccc(OCCNCCCc2c[nH]c3ccccc23)c1N. The highest BCUT2D eigenvalue weighted by Gasteiger charge is 2.11. The Kier molecular flexibility index (Phi) is 6.74. The van der Waals surface area contributed by atoms with Crippen LogP contribution in [0.15, 0.2) is 48.7 Å². The monoisotopic (exact) mass is 367 g/mol. The molecule has 1 unspecified atom stereocenters. The molecule has 0 fully saturated rings. The van der Waals surface area contributed by atoms with Gasteiger partial charge in [-0.25, -0.2) is 0 Å². The first-order valence-corrected chi connectivity index (χ1v) is 9.58. The number of fused-ring (bicyclic) bond motifs is 1. The van der Waals surface area contributed by atoms with E-state index >= 15 is 0 Å². The van der Waals surface area contributed by atoms with Crippen molar-refractivity contribution < 1.29 is 9.84 Å². The quantitative estimate of drug-likeness (QED) is 0.327. The lowest BCUT2D eigenvalue weighted by molar-refractivity contribution is 0.272. The summed E-state index contributed by atoms with van der Waals surface area (Å²) in [5, 5.41) is 14.1. The number of aromatic nitrogens is 1. The Labute approximate surface area is 160 Å². The van der Waals surface area contributed by atoms with Crippen LogP contribution in [0, 0.1) is 0 Å². The van der Waals surface area contributed by atoms with E-state index < -0.39 is 0 Å². The molecule has 0 saturated heterocycles. The number of aromatic amines is 1. The van der Waals surface area contributed by atoms with E-state index in [-0.39, 0.29) is 12.5 Å². The van der Waals surface area contributed by atoms with Gasteiger partial charge in [-0.15, -0.1) is 0 Å². The zero-order valence-corrected chi connectivity index (χ0v) is 15.9. The molecule has 1 heterocycles. The standard InChI is InChI=1S/C22H29N3O2/c1-16(15-26)18-8-4-10-21(22(18)23)27-13-12-24-11-5-6-17-14-25-20-9-3-2-7-19(17)20/h2-4,7-10,14,16,24-26H,5-6,11-13,15,23H2,1H3. The number of benzene rings is 2. The number of nitrogens with two attached hydrogens (primary N) is 1. The molecule has 0 aliphatic heterocycles. The van der Waals surface area contributed by atoms with Gasteiger partial charge in [0.2, 0.25) is 0 Å². The first-order valence-electron chi connectivity index (χ1n) is 9.58. The third kappa shape index (κ3) is 4.81. The second-order valence-corrected chi connectivity index (χ2v) is 6.90. The van der Waals surface area contributed by atoms with Crippen LogP contribution in [-0.4, -0.2) is 36.4 Å². The average molecular weight is 367 g/mol. The minimum absolute atomic E-state index is 0.0104. The van der Waals surface area contributed by atoms with Crippen LogP contribution in [0.2, 0.25) is 0 Å². The van der Waals surface area contributed by atoms with Gasteiger partial charge >= 0.3 is 0 Å². The van der Waals surface area contributed by atoms with E-state index in [1.165, 1.54) is 16.5 Å². The summed E-state index contributed by atoms with van der Waals surface area (Å²) in [6, 6.07) is 14.1. The fourth-order valence-corrected chi connectivity index (χ4v) is 3.32. The van der Waals surface area contributed by atoms with Crippen molar-refractivity contribution in [3.05, 3.63) is 59.8 Å². The van der Waals surface area contributed by atoms with E-state index in [4.69, 9.17) is 10.5 Å². The van der Waals surface area contributed by atoms with Gasteiger partial charge in [0.1, 0.15) is 12.4 Å². The van der Waals surface area contributed by atoms with E-state index in [0.29, 0.717) is 18.0 Å². The number of aliphatic hydroxyl groups is 1. The first kappa shape index (κ1) is 19.3. The van der Waals surface area contributed by atoms with Crippen molar-refractivity contribution in [2.75, 3.05) is 32.0 Å². The van der Waals surface area contributed by atoms with Crippen molar-refractivity contribution in [1.82, 2.24) is 10.3 Å². The predicted octanol–water partition coefficient (Wildman–Crippen LogP) is 3.45. The van der Waals surface area contributed by atoms with Gasteiger partial charge in [-0.2, -0.15) is 0 Å². The summed E-state index contributed by atoms with van der Waals surface area (Å²) < 4.78 is 5.81. The van der Waals surface area contributed by atoms with Gasteiger partial charge in [-0.05, 0) is 42.6 Å². The second kappa shape index (κ2) is 9.44. The normalized spacial score (nSPS) is 12.4. The number of nitrogen functional groups attached to an aromatic ring is 1. The molecule has 0 aliphatic rings. The van der Waals surface area contributed by atoms with Crippen molar-refractivity contribution in [3.8, 4) is 5.75 Å². The van der Waals surface area contributed by atoms with Crippen LogP contribution in [0.25, 0.3) is 10.9 Å². The molecule has 0 amide bonds. The molecule has 0 aliphatic carbocycles. The maximum Gasteiger partial charge on any atom is 0.142 e. The molecule has 1 aromatic heterocycles. The summed E-state index contributed by atoms with van der Waals surface area (Å²) >= 11 is 0. The summed E-state index contributed by atoms with van der Waals surface area (Å²) in [5.41, 5.74) is 10.3. The molecule has 3 aromatic rings. The zero-order valence-electron chi connectivity index (χ0n) is 15.9. The van der Waals surface area contributed by atoms with E-state index in [0.717, 1.165) is 31.5 Å². The van der Waals surface area contributed by atoms with E-state index in [9.17, 15) is 5.11 Å². The first-order chi connectivity index (χ1) is 13.2. The minimum Gasteiger partial charge on any atom is -0.490 e. The van der Waals surface area contributed by atoms with Crippen LogP contribution in [0.5, 0.6) is 5.75 Å². The summed E-state index contributed by atoms with van der Waals surface area (Å²) in [5.74, 6) is 0.699. The van der Waals surface area contributed by atoms with Crippen LogP contribution in [0.1, 0.15) is 30.4 Å². The summed E-state index contributed by atoms with van der Waals surface area (Å²) in [6.07, 6.45) is 4.23. The maximum atomic E-state index is 9.32. The van der Waals surface area contributed by atoms with Crippen molar-refractivity contribution in [3.63, 3.8) is 0 Å². The molecule has 27 heavy (non-hydrogen) atoms. The van der Waals surface area contributed by atoms with E-state index in [1.54, 1.807) is 0 Å². The molecule has 3 rings (SSSR count). The molecule has 2 aromatic carbocycles. The van der Waals surface area contributed by atoms with Crippen molar-refractivity contribution in [2.24, 2.45) is 0 Å². The van der Waals surface area contributed by atoms with Crippen LogP contribution in [0.3, 0.4) is 0 Å². The number of aliphatic hydroxyl groups excluding tert-OH is 1. The Hall–Kier alpha value is -2.50. The minimum atomic E-state index is 0.0104. The Morgan fingerprint density at radius 2 is 2.00 bits per heavy atom. The number of aryl methyl sites for hydroxylation is 1. The molecule has 5 nitrogen and oxygen atoms in total. The van der Waals surface area contributed by atoms with Crippen molar-refractivity contribution in [1.29, 1.82) is 0 Å². The Morgan fingerprint density at radius 1 is 1.15 bits per heavy atom. The smallest absolute Gasteiger partial charge is 0.142 e. The number of para-hydroxylation sites is 2. The molecule has 0 radical (unpaired) electrons. The van der Waals surface area contributed by atoms with Crippen molar-refractivity contribution in [2.45, 2.75) is 25.7 Å². The highest BCUT2D eigenvalue weighted by molar-refractivity contribution is 5.83. The topological polar surface area (TPSA) is 83.3 Å². The number of anilines is 1. The lowest BCUT2D eigenvalue weighted by Crippen LogP contribution is -2.22. The molecule has 5 N–H and O–H groups in total. The van der Waals surface area contributed by atoms with Gasteiger partial charge in [0.15, 0.2) is 0 Å². The third-order valence-electron chi connectivity index (χ3n) is 4.92. The van der Waals surface area contributed by atoms with Crippen LogP contribution >= 0.6 is 0 Å². The molecular weight excluding hydrogens is 338 g/mol. The predicted molar refractivity (Wildman–Crippen MR) is 111 cm³/mol. The van der Waals surface area contributed by atoms with Gasteiger partial charge in [0.05, 0.1) is 5.69 Å². The van der Waals surface area contributed by atoms with Crippen LogP contribution in [-0.2, 0) is 6.42 Å². The van der Waals surface area contributed by atoms with Gasteiger partial charge in [-0.1, -0.05) is 37.3 Å². The molecule has 0 bridgehead atoms. The van der Waals surface area contributed by atoms with Gasteiger partial charge < -0.3 is 25.9 Å². The fourth-order valence-electron chi connectivity index (χ4n) is 3.32. The van der Waals surface area contributed by atoms with E-state index in [1.807, 2.05) is 25.1 Å². The summed E-state index contributed by atoms with van der Waals surface area (Å²) in [6.45, 7) is 4.30. The molecule has 0 spiro atoms. The Bertz CT molecular complexity index is 860. The second-order valence-electron chi connectivity index (χ2n) is 6.90. The van der Waals surface area contributed by atoms with E-state index in [2.05, 4.69) is 40.8 Å². The molecule has 0 saturated carbocycles. The fraction of sp³-hybridized carbons (Fsp3) is 0.364. The molecule has 1 atom stereocenters. The average Bonchev–Trinajstić information content (AvgIpc) is 3.11. The van der Waals surface area contributed by atoms with Gasteiger partial charge in [0.25, 0.3) is 0 Å². The summed E-state index contributed by atoms with van der Waals surface area (Å²) in [4.78, 5) is 3.32. The number of hydrogen-bond acceptors (Lipinski definition) is 4. The number of hydrogen-bond donors (Lipinski definition) is 4. The highest BCUT2D eigenvalue weighted by Crippen LogP contribution is 2.30. The third-order valence-corrected chi connectivity index (χ3v) is 4.92. The van der Waals surface area contributed by atoms with Gasteiger partial charge in [-0.3, -0.25) is 0 Å². The Balaban J connectivity index is 1.37. The number of ether oxygens (including phenoxy) is 1. The highest BCUT2D eigenvalue weighted by atomic mass is 16.5. The van der Waals surface area contributed by atoms with Crippen molar-refractivity contribution >= 4 is 16.6 Å². The largest absolute Gasteiger partial charge is 0.490 e. The summed E-state index contributed by atoms with van der Waals surface area (Å²) in [7, 11) is 0. The zero-order chi connectivity index (χ0) is 19.1. The number of H-pyrrole nitrogens is 1. The van der Waals surface area contributed by atoms with Crippen LogP contribution < -0.4 is 15.8 Å². The number of nitrogens with one attached hydrogen (secondary N) is 2. The Morgan fingerprint density at radius 3 is 2.85 bits per heavy atom.